The summed E-state index contributed by atoms with van der Waals surface area (Å²) >= 11 is 0. The van der Waals surface area contributed by atoms with Gasteiger partial charge in [-0.05, 0) is 31.2 Å². The zero-order valence-electron chi connectivity index (χ0n) is 14.5. The van der Waals surface area contributed by atoms with Gasteiger partial charge in [0.1, 0.15) is 5.58 Å². The van der Waals surface area contributed by atoms with E-state index in [2.05, 4.69) is 4.98 Å². The number of amides is 2. The Hall–Kier alpha value is -3.15. The summed E-state index contributed by atoms with van der Waals surface area (Å²) in [5, 5.41) is 0.913. The highest BCUT2D eigenvalue weighted by molar-refractivity contribution is 5.97. The van der Waals surface area contributed by atoms with E-state index < -0.39 is 0 Å². The van der Waals surface area contributed by atoms with E-state index in [1.54, 1.807) is 28.1 Å². The number of hydrogen-bond acceptors (Lipinski definition) is 4. The van der Waals surface area contributed by atoms with Gasteiger partial charge >= 0.3 is 0 Å². The normalized spacial score (nSPS) is 14.7. The third-order valence-electron chi connectivity index (χ3n) is 4.65. The summed E-state index contributed by atoms with van der Waals surface area (Å²) < 4.78 is 5.66. The maximum Gasteiger partial charge on any atom is 0.289 e. The summed E-state index contributed by atoms with van der Waals surface area (Å²) in [4.78, 5) is 32.9. The molecule has 1 fully saturated rings. The van der Waals surface area contributed by atoms with Crippen molar-refractivity contribution in [2.75, 3.05) is 26.2 Å². The van der Waals surface area contributed by atoms with Crippen LogP contribution >= 0.6 is 0 Å². The monoisotopic (exact) mass is 349 g/mol. The zero-order chi connectivity index (χ0) is 18.1. The minimum Gasteiger partial charge on any atom is -0.451 e. The molecule has 1 saturated heterocycles. The second-order valence-electron chi connectivity index (χ2n) is 6.42. The molecule has 3 heterocycles. The van der Waals surface area contributed by atoms with Crippen LogP contribution in [-0.2, 0) is 0 Å². The maximum atomic E-state index is 12.7. The van der Waals surface area contributed by atoms with Crippen molar-refractivity contribution in [1.82, 2.24) is 14.8 Å². The van der Waals surface area contributed by atoms with Crippen LogP contribution in [0.4, 0.5) is 0 Å². The highest BCUT2D eigenvalue weighted by Crippen LogP contribution is 2.20. The van der Waals surface area contributed by atoms with E-state index in [-0.39, 0.29) is 11.8 Å². The van der Waals surface area contributed by atoms with Crippen LogP contribution in [0, 0.1) is 6.92 Å². The minimum atomic E-state index is -0.134. The molecule has 0 spiro atoms. The van der Waals surface area contributed by atoms with Crippen LogP contribution in [-0.4, -0.2) is 52.8 Å². The molecular weight excluding hydrogens is 330 g/mol. The fraction of sp³-hybridized carbons (Fsp3) is 0.250. The second kappa shape index (κ2) is 6.63. The van der Waals surface area contributed by atoms with E-state index in [9.17, 15) is 9.59 Å². The first-order valence-corrected chi connectivity index (χ1v) is 8.61. The molecule has 0 unspecified atom stereocenters. The Morgan fingerprint density at radius 1 is 0.962 bits per heavy atom. The van der Waals surface area contributed by atoms with Crippen LogP contribution in [0.15, 0.2) is 53.1 Å². The lowest BCUT2D eigenvalue weighted by molar-refractivity contribution is 0.0519. The molecule has 0 saturated carbocycles. The Morgan fingerprint density at radius 3 is 2.31 bits per heavy atom. The standard InChI is InChI=1S/C20H19N3O3/c1-14-6-7-16(13-21-14)19(24)22-8-10-23(11-9-22)20(25)18-12-15-4-2-3-5-17(15)26-18/h2-7,12-13H,8-11H2,1H3. The van der Waals surface area contributed by atoms with Crippen molar-refractivity contribution < 1.29 is 14.0 Å². The maximum absolute atomic E-state index is 12.7. The summed E-state index contributed by atoms with van der Waals surface area (Å²) in [7, 11) is 0. The van der Waals surface area contributed by atoms with Crippen LogP contribution in [0.3, 0.4) is 0 Å². The molecule has 0 atom stereocenters. The minimum absolute atomic E-state index is 0.0478. The number of benzene rings is 1. The predicted octanol–water partition coefficient (Wildman–Crippen LogP) is 2.73. The number of pyridine rings is 1. The van der Waals surface area contributed by atoms with Gasteiger partial charge in [0.05, 0.1) is 5.56 Å². The molecule has 6 heteroatoms. The molecule has 1 aliphatic heterocycles. The summed E-state index contributed by atoms with van der Waals surface area (Å²) in [6.07, 6.45) is 1.60. The van der Waals surface area contributed by atoms with Gasteiger partial charge in [-0.25, -0.2) is 0 Å². The van der Waals surface area contributed by atoms with Gasteiger partial charge in [0, 0.05) is 43.5 Å². The third-order valence-corrected chi connectivity index (χ3v) is 4.65. The molecule has 2 aromatic heterocycles. The fourth-order valence-corrected chi connectivity index (χ4v) is 3.13. The Kier molecular flexibility index (Phi) is 4.16. The molecule has 0 aliphatic carbocycles. The molecule has 1 aromatic carbocycles. The number of para-hydroxylation sites is 1. The molecule has 6 nitrogen and oxygen atoms in total. The lowest BCUT2D eigenvalue weighted by atomic mass is 10.2. The largest absolute Gasteiger partial charge is 0.451 e. The van der Waals surface area contributed by atoms with Crippen molar-refractivity contribution in [3.05, 3.63) is 65.7 Å². The van der Waals surface area contributed by atoms with Crippen molar-refractivity contribution in [3.8, 4) is 0 Å². The lowest BCUT2D eigenvalue weighted by Crippen LogP contribution is -2.50. The first kappa shape index (κ1) is 16.3. The molecule has 2 amide bonds. The molecule has 0 N–H and O–H groups in total. The molecule has 1 aliphatic rings. The lowest BCUT2D eigenvalue weighted by Gasteiger charge is -2.34. The number of aromatic nitrogens is 1. The molecule has 4 rings (SSSR count). The smallest absolute Gasteiger partial charge is 0.289 e. The number of furan rings is 1. The Labute approximate surface area is 151 Å². The second-order valence-corrected chi connectivity index (χ2v) is 6.42. The molecule has 0 bridgehead atoms. The number of nitrogens with zero attached hydrogens (tertiary/aromatic N) is 3. The number of carbonyl (C=O) groups excluding carboxylic acids is 2. The molecule has 3 aromatic rings. The topological polar surface area (TPSA) is 66.7 Å². The van der Waals surface area contributed by atoms with Crippen LogP contribution in [0.1, 0.15) is 26.6 Å². The van der Waals surface area contributed by atoms with Crippen molar-refractivity contribution in [2.45, 2.75) is 6.92 Å². The quantitative estimate of drug-likeness (QED) is 0.713. The number of aryl methyl sites for hydroxylation is 1. The number of carbonyl (C=O) groups is 2. The Balaban J connectivity index is 1.42. The van der Waals surface area contributed by atoms with E-state index in [0.29, 0.717) is 43.1 Å². The first-order chi connectivity index (χ1) is 12.6. The van der Waals surface area contributed by atoms with Crippen LogP contribution in [0.25, 0.3) is 11.0 Å². The highest BCUT2D eigenvalue weighted by atomic mass is 16.3. The molecule has 0 radical (unpaired) electrons. The Morgan fingerprint density at radius 2 is 1.65 bits per heavy atom. The summed E-state index contributed by atoms with van der Waals surface area (Å²) in [6, 6.07) is 12.9. The molecular formula is C20H19N3O3. The van der Waals surface area contributed by atoms with Crippen molar-refractivity contribution in [2.24, 2.45) is 0 Å². The average molecular weight is 349 g/mol. The van der Waals surface area contributed by atoms with Gasteiger partial charge in [-0.15, -0.1) is 0 Å². The summed E-state index contributed by atoms with van der Waals surface area (Å²) in [5.74, 6) is 0.160. The van der Waals surface area contributed by atoms with Gasteiger partial charge in [-0.2, -0.15) is 0 Å². The van der Waals surface area contributed by atoms with Gasteiger partial charge in [-0.3, -0.25) is 14.6 Å². The van der Waals surface area contributed by atoms with Crippen LogP contribution in [0.5, 0.6) is 0 Å². The van der Waals surface area contributed by atoms with Gasteiger partial charge in [0.15, 0.2) is 5.76 Å². The van der Waals surface area contributed by atoms with Crippen LogP contribution < -0.4 is 0 Å². The van der Waals surface area contributed by atoms with Gasteiger partial charge in [0.25, 0.3) is 11.8 Å². The SMILES string of the molecule is Cc1ccc(C(=O)N2CCN(C(=O)c3cc4ccccc4o3)CC2)cn1. The van der Waals surface area contributed by atoms with Gasteiger partial charge in [-0.1, -0.05) is 18.2 Å². The van der Waals surface area contributed by atoms with Crippen LogP contribution in [0.2, 0.25) is 0 Å². The van der Waals surface area contributed by atoms with Gasteiger partial charge < -0.3 is 14.2 Å². The van der Waals surface area contributed by atoms with E-state index in [1.165, 1.54) is 0 Å². The fourth-order valence-electron chi connectivity index (χ4n) is 3.13. The van der Waals surface area contributed by atoms with Gasteiger partial charge in [0.2, 0.25) is 0 Å². The number of hydrogen-bond donors (Lipinski definition) is 0. The predicted molar refractivity (Wildman–Crippen MR) is 97.0 cm³/mol. The van der Waals surface area contributed by atoms with E-state index in [0.717, 1.165) is 11.1 Å². The molecule has 132 valence electrons. The number of piperazine rings is 1. The van der Waals surface area contributed by atoms with Crippen molar-refractivity contribution in [3.63, 3.8) is 0 Å². The molecule has 26 heavy (non-hydrogen) atoms. The average Bonchev–Trinajstić information content (AvgIpc) is 3.12. The van der Waals surface area contributed by atoms with E-state index in [4.69, 9.17) is 4.42 Å². The number of rotatable bonds is 2. The zero-order valence-corrected chi connectivity index (χ0v) is 14.5. The third kappa shape index (κ3) is 3.06. The van der Waals surface area contributed by atoms with Crippen molar-refractivity contribution >= 4 is 22.8 Å². The summed E-state index contributed by atoms with van der Waals surface area (Å²) in [6.45, 7) is 3.86. The van der Waals surface area contributed by atoms with Crippen molar-refractivity contribution in [1.29, 1.82) is 0 Å². The Bertz CT molecular complexity index is 921. The van der Waals surface area contributed by atoms with E-state index >= 15 is 0 Å². The highest BCUT2D eigenvalue weighted by Gasteiger charge is 2.27. The summed E-state index contributed by atoms with van der Waals surface area (Å²) in [5.41, 5.74) is 2.16. The first-order valence-electron chi connectivity index (χ1n) is 8.61. The number of fused-ring (bicyclic) bond motifs is 1. The van der Waals surface area contributed by atoms with E-state index in [1.807, 2.05) is 37.3 Å².